The second-order valence-corrected chi connectivity index (χ2v) is 10.7. The van der Waals surface area contributed by atoms with Gasteiger partial charge in [0, 0.05) is 24.5 Å². The third-order valence-electron chi connectivity index (χ3n) is 7.62. The molecule has 5 nitrogen and oxygen atoms in total. The topological polar surface area (TPSA) is 61.4 Å². The van der Waals surface area contributed by atoms with Crippen LogP contribution in [0.2, 0.25) is 0 Å². The van der Waals surface area contributed by atoms with Crippen molar-refractivity contribution in [3.8, 4) is 0 Å². The summed E-state index contributed by atoms with van der Waals surface area (Å²) >= 11 is 0. The van der Waals surface area contributed by atoms with Crippen LogP contribution in [0.15, 0.2) is 0 Å². The summed E-state index contributed by atoms with van der Waals surface area (Å²) in [6, 6.07) is 0.0406. The predicted molar refractivity (Wildman–Crippen MR) is 102 cm³/mol. The molecular formula is C21H35N3O2. The van der Waals surface area contributed by atoms with Crippen LogP contribution in [0.5, 0.6) is 0 Å². The summed E-state index contributed by atoms with van der Waals surface area (Å²) in [5.74, 6) is 2.81. The molecule has 0 aromatic heterocycles. The number of carbonyl (C=O) groups excluding carboxylic acids is 2. The van der Waals surface area contributed by atoms with Gasteiger partial charge in [0.1, 0.15) is 0 Å². The summed E-state index contributed by atoms with van der Waals surface area (Å²) in [6.45, 7) is 8.95. The van der Waals surface area contributed by atoms with E-state index in [1.807, 2.05) is 25.7 Å². The highest BCUT2D eigenvalue weighted by Gasteiger charge is 2.53. The predicted octanol–water partition coefficient (Wildman–Crippen LogP) is 3.29. The highest BCUT2D eigenvalue weighted by Crippen LogP contribution is 2.61. The van der Waals surface area contributed by atoms with Crippen molar-refractivity contribution in [3.05, 3.63) is 0 Å². The molecule has 1 saturated heterocycles. The van der Waals surface area contributed by atoms with Crippen LogP contribution in [0.4, 0.5) is 4.79 Å². The van der Waals surface area contributed by atoms with Gasteiger partial charge in [0.2, 0.25) is 5.91 Å². The molecule has 0 radical (unpaired) electrons. The minimum absolute atomic E-state index is 0.0784. The summed E-state index contributed by atoms with van der Waals surface area (Å²) in [5.41, 5.74) is 0.130. The Kier molecular flexibility index (Phi) is 4.27. The fourth-order valence-electron chi connectivity index (χ4n) is 6.74. The molecule has 0 aromatic rings. The Morgan fingerprint density at radius 2 is 1.65 bits per heavy atom. The third kappa shape index (κ3) is 3.22. The first-order chi connectivity index (χ1) is 12.1. The van der Waals surface area contributed by atoms with E-state index in [4.69, 9.17) is 0 Å². The molecule has 5 heteroatoms. The second-order valence-electron chi connectivity index (χ2n) is 10.7. The second kappa shape index (κ2) is 6.13. The summed E-state index contributed by atoms with van der Waals surface area (Å²) in [5, 5.41) is 6.31. The van der Waals surface area contributed by atoms with Crippen molar-refractivity contribution in [2.45, 2.75) is 90.3 Å². The first kappa shape index (κ1) is 18.1. The number of nitrogens with one attached hydrogen (secondary N) is 2. The van der Waals surface area contributed by atoms with E-state index in [2.05, 4.69) is 17.6 Å². The van der Waals surface area contributed by atoms with Gasteiger partial charge in [0.25, 0.3) is 0 Å². The summed E-state index contributed by atoms with van der Waals surface area (Å²) in [7, 11) is 0. The van der Waals surface area contributed by atoms with Gasteiger partial charge in [-0.3, -0.25) is 4.79 Å². The molecule has 5 fully saturated rings. The first-order valence-corrected chi connectivity index (χ1v) is 10.5. The van der Waals surface area contributed by atoms with Crippen LogP contribution in [-0.2, 0) is 4.79 Å². The lowest BCUT2D eigenvalue weighted by molar-refractivity contribution is -0.131. The lowest BCUT2D eigenvalue weighted by Crippen LogP contribution is -2.58. The molecular weight excluding hydrogens is 326 g/mol. The van der Waals surface area contributed by atoms with Crippen LogP contribution < -0.4 is 10.6 Å². The molecule has 1 heterocycles. The van der Waals surface area contributed by atoms with E-state index >= 15 is 0 Å². The molecule has 4 aliphatic carbocycles. The first-order valence-electron chi connectivity index (χ1n) is 10.5. The Balaban J connectivity index is 1.33. The van der Waals surface area contributed by atoms with Crippen molar-refractivity contribution in [1.82, 2.24) is 15.5 Å². The number of hydrogen-bond acceptors (Lipinski definition) is 2. The van der Waals surface area contributed by atoms with Crippen molar-refractivity contribution in [3.63, 3.8) is 0 Å². The fraction of sp³-hybridized carbons (Fsp3) is 0.905. The van der Waals surface area contributed by atoms with Gasteiger partial charge in [-0.1, -0.05) is 0 Å². The molecule has 2 N–H and O–H groups in total. The zero-order valence-corrected chi connectivity index (χ0v) is 16.8. The molecule has 3 amide bonds. The number of likely N-dealkylation sites (tertiary alicyclic amines) is 1. The van der Waals surface area contributed by atoms with Crippen molar-refractivity contribution < 1.29 is 9.59 Å². The van der Waals surface area contributed by atoms with E-state index in [0.29, 0.717) is 18.4 Å². The Labute approximate surface area is 157 Å². The van der Waals surface area contributed by atoms with E-state index in [0.717, 1.165) is 17.8 Å². The molecule has 4 bridgehead atoms. The van der Waals surface area contributed by atoms with Crippen molar-refractivity contribution in [2.75, 3.05) is 6.54 Å². The summed E-state index contributed by atoms with van der Waals surface area (Å²) < 4.78 is 0. The van der Waals surface area contributed by atoms with E-state index in [-0.39, 0.29) is 29.6 Å². The summed E-state index contributed by atoms with van der Waals surface area (Å²) in [4.78, 5) is 26.7. The largest absolute Gasteiger partial charge is 0.336 e. The number of rotatable bonds is 3. The molecule has 2 atom stereocenters. The van der Waals surface area contributed by atoms with Crippen molar-refractivity contribution in [1.29, 1.82) is 0 Å². The minimum atomic E-state index is -0.184. The molecule has 2 unspecified atom stereocenters. The quantitative estimate of drug-likeness (QED) is 0.810. The zero-order chi connectivity index (χ0) is 18.7. The number of nitrogens with zero attached hydrogens (tertiary/aromatic N) is 1. The van der Waals surface area contributed by atoms with Crippen LogP contribution in [0.1, 0.15) is 72.6 Å². The molecule has 26 heavy (non-hydrogen) atoms. The van der Waals surface area contributed by atoms with Gasteiger partial charge in [-0.05, 0) is 89.4 Å². The molecule has 146 valence electrons. The van der Waals surface area contributed by atoms with Gasteiger partial charge in [0.15, 0.2) is 0 Å². The number of urea groups is 1. The monoisotopic (exact) mass is 361 g/mol. The van der Waals surface area contributed by atoms with Gasteiger partial charge in [0.05, 0.1) is 6.04 Å². The molecule has 1 aliphatic heterocycles. The van der Waals surface area contributed by atoms with Gasteiger partial charge in [-0.25, -0.2) is 4.79 Å². The van der Waals surface area contributed by atoms with Crippen LogP contribution in [0.25, 0.3) is 0 Å². The van der Waals surface area contributed by atoms with Crippen LogP contribution in [0, 0.1) is 23.2 Å². The Hall–Kier alpha value is -1.26. The number of amides is 3. The zero-order valence-electron chi connectivity index (χ0n) is 16.8. The number of carbonyl (C=O) groups is 2. The van der Waals surface area contributed by atoms with Gasteiger partial charge in [-0.15, -0.1) is 0 Å². The molecule has 0 aromatic carbocycles. The number of hydrogen-bond donors (Lipinski definition) is 2. The highest BCUT2D eigenvalue weighted by molar-refractivity contribution is 5.82. The Morgan fingerprint density at radius 1 is 1.12 bits per heavy atom. The maximum Gasteiger partial charge on any atom is 0.315 e. The smallest absolute Gasteiger partial charge is 0.315 e. The van der Waals surface area contributed by atoms with Crippen LogP contribution >= 0.6 is 0 Å². The average Bonchev–Trinajstić information content (AvgIpc) is 2.86. The standard InChI is InChI=1S/C21H35N3O2/c1-13(21-9-14-5-15(10-21)7-16(6-14)11-21)22-19(26)23-17-8-18(25)24(12-17)20(2,3)4/h13-17H,5-12H2,1-4H3,(H2,22,23,26). The third-order valence-corrected chi connectivity index (χ3v) is 7.62. The molecule has 4 saturated carbocycles. The maximum absolute atomic E-state index is 12.6. The lowest BCUT2D eigenvalue weighted by Gasteiger charge is -2.59. The van der Waals surface area contributed by atoms with E-state index in [1.165, 1.54) is 38.5 Å². The van der Waals surface area contributed by atoms with Crippen LogP contribution in [-0.4, -0.2) is 41.0 Å². The van der Waals surface area contributed by atoms with Crippen LogP contribution in [0.3, 0.4) is 0 Å². The van der Waals surface area contributed by atoms with Crippen molar-refractivity contribution >= 4 is 11.9 Å². The van der Waals surface area contributed by atoms with E-state index in [1.54, 1.807) is 0 Å². The van der Waals surface area contributed by atoms with E-state index in [9.17, 15) is 9.59 Å². The SMILES string of the molecule is CC(NC(=O)NC1CC(=O)N(C(C)(C)C)C1)C12CC3CC(CC(C3)C1)C2. The maximum atomic E-state index is 12.6. The van der Waals surface area contributed by atoms with Gasteiger partial charge in [-0.2, -0.15) is 0 Å². The van der Waals surface area contributed by atoms with Gasteiger partial charge < -0.3 is 15.5 Å². The molecule has 0 spiro atoms. The average molecular weight is 362 g/mol. The van der Waals surface area contributed by atoms with Gasteiger partial charge >= 0.3 is 6.03 Å². The Morgan fingerprint density at radius 3 is 2.12 bits per heavy atom. The van der Waals surface area contributed by atoms with Crippen molar-refractivity contribution in [2.24, 2.45) is 23.2 Å². The minimum Gasteiger partial charge on any atom is -0.336 e. The Bertz CT molecular complexity index is 559. The summed E-state index contributed by atoms with van der Waals surface area (Å²) in [6.07, 6.45) is 8.55. The molecule has 5 aliphatic rings. The highest BCUT2D eigenvalue weighted by atomic mass is 16.2. The molecule has 5 rings (SSSR count). The fourth-order valence-corrected chi connectivity index (χ4v) is 6.74. The lowest BCUT2D eigenvalue weighted by atomic mass is 9.48. The normalized spacial score (nSPS) is 40.0. The van der Waals surface area contributed by atoms with E-state index < -0.39 is 0 Å².